The molecule has 8 heteroatoms. The molecule has 0 atom stereocenters. The molecule has 34 heavy (non-hydrogen) atoms. The van der Waals surface area contributed by atoms with E-state index in [1.165, 1.54) is 19.5 Å². The molecule has 0 bridgehead atoms. The third kappa shape index (κ3) is 3.20. The first-order valence-electron chi connectivity index (χ1n) is 10.7. The van der Waals surface area contributed by atoms with Crippen LogP contribution in [-0.2, 0) is 9.59 Å². The van der Waals surface area contributed by atoms with Gasteiger partial charge in [0.1, 0.15) is 0 Å². The topological polar surface area (TPSA) is 40.6 Å². The highest BCUT2D eigenvalue weighted by molar-refractivity contribution is 7.26. The van der Waals surface area contributed by atoms with Gasteiger partial charge in [-0.25, -0.2) is 0 Å². The van der Waals surface area contributed by atoms with Gasteiger partial charge in [0.05, 0.1) is 32.3 Å². The Morgan fingerprint density at radius 3 is 1.26 bits per heavy atom. The maximum absolute atomic E-state index is 13.4. The highest BCUT2D eigenvalue weighted by Gasteiger charge is 2.47. The van der Waals surface area contributed by atoms with Crippen LogP contribution in [0.15, 0.2) is 59.7 Å². The number of nitrogens with zero attached hydrogens (tertiary/aromatic N) is 2. The van der Waals surface area contributed by atoms with E-state index in [1.807, 2.05) is 25.1 Å². The normalized spacial score (nSPS) is 16.0. The summed E-state index contributed by atoms with van der Waals surface area (Å²) in [4.78, 5) is 39.2. The molecular weight excluding hydrogens is 501 g/mol. The van der Waals surface area contributed by atoms with Crippen molar-refractivity contribution >= 4 is 68.6 Å². The SMILES string of the molecule is Cc1ccc(C2=C3C(=O)N(C)C(c4ccc(-c5ccc(-c6ccc(C)s6)s5)s4)=C3C(=O)N2C)s1. The molecule has 0 unspecified atom stereocenters. The van der Waals surface area contributed by atoms with Gasteiger partial charge in [-0.3, -0.25) is 9.59 Å². The number of amides is 2. The molecule has 0 saturated heterocycles. The molecule has 0 saturated carbocycles. The molecule has 170 valence electrons. The maximum atomic E-state index is 13.4. The molecule has 0 aromatic carbocycles. The molecular formula is C26H20N2O2S4. The predicted octanol–water partition coefficient (Wildman–Crippen LogP) is 6.95. The van der Waals surface area contributed by atoms with E-state index < -0.39 is 0 Å². The standard InChI is InChI=1S/C26H20N2O2S4/c1-13-5-7-15(31-13)16-9-10-17(33-16)18-11-12-20(34-18)24-22-21(25(29)28(24)4)23(27(3)26(22)30)19-8-6-14(2)32-19/h5-12H,1-4H3. The lowest BCUT2D eigenvalue weighted by molar-refractivity contribution is -0.123. The van der Waals surface area contributed by atoms with Crippen molar-refractivity contribution in [2.75, 3.05) is 14.1 Å². The Morgan fingerprint density at radius 1 is 0.500 bits per heavy atom. The number of hydrogen-bond acceptors (Lipinski definition) is 6. The van der Waals surface area contributed by atoms with Gasteiger partial charge in [-0.2, -0.15) is 0 Å². The Bertz CT molecular complexity index is 1560. The van der Waals surface area contributed by atoms with Gasteiger partial charge >= 0.3 is 0 Å². The van der Waals surface area contributed by atoms with Crippen LogP contribution in [0.2, 0.25) is 0 Å². The summed E-state index contributed by atoms with van der Waals surface area (Å²) in [5.74, 6) is -0.240. The summed E-state index contributed by atoms with van der Waals surface area (Å²) in [5, 5.41) is 0. The first kappa shape index (κ1) is 21.7. The van der Waals surface area contributed by atoms with Gasteiger partial charge in [-0.05, 0) is 62.4 Å². The third-order valence-electron chi connectivity index (χ3n) is 6.08. The van der Waals surface area contributed by atoms with E-state index in [4.69, 9.17) is 0 Å². The number of carbonyl (C=O) groups excluding carboxylic acids is 2. The van der Waals surface area contributed by atoms with Crippen LogP contribution in [0, 0.1) is 13.8 Å². The van der Waals surface area contributed by atoms with Crippen molar-refractivity contribution in [3.05, 3.63) is 79.2 Å². The lowest BCUT2D eigenvalue weighted by Crippen LogP contribution is -2.24. The predicted molar refractivity (Wildman–Crippen MR) is 144 cm³/mol. The fourth-order valence-corrected chi connectivity index (χ4v) is 8.54. The van der Waals surface area contributed by atoms with Gasteiger partial charge in [0.25, 0.3) is 11.8 Å². The Hall–Kier alpha value is -2.78. The van der Waals surface area contributed by atoms with Gasteiger partial charge < -0.3 is 9.80 Å². The zero-order valence-corrected chi connectivity index (χ0v) is 22.2. The second kappa shape index (κ2) is 7.88. The Morgan fingerprint density at radius 2 is 0.824 bits per heavy atom. The lowest BCUT2D eigenvalue weighted by atomic mass is 10.1. The number of rotatable bonds is 4. The van der Waals surface area contributed by atoms with E-state index in [0.717, 1.165) is 25.2 Å². The first-order valence-corrected chi connectivity index (χ1v) is 14.0. The molecule has 6 heterocycles. The molecule has 2 aliphatic rings. The highest BCUT2D eigenvalue weighted by Crippen LogP contribution is 2.48. The molecule has 4 aromatic rings. The number of thiophene rings is 4. The molecule has 0 spiro atoms. The molecule has 6 rings (SSSR count). The second-order valence-electron chi connectivity index (χ2n) is 8.32. The van der Waals surface area contributed by atoms with Crippen molar-refractivity contribution in [2.45, 2.75) is 13.8 Å². The summed E-state index contributed by atoms with van der Waals surface area (Å²) in [6.45, 7) is 4.15. The minimum Gasteiger partial charge on any atom is -0.309 e. The van der Waals surface area contributed by atoms with Crippen LogP contribution < -0.4 is 0 Å². The number of carbonyl (C=O) groups is 2. The van der Waals surface area contributed by atoms with Gasteiger partial charge in [0.15, 0.2) is 0 Å². The number of fused-ring (bicyclic) bond motifs is 1. The van der Waals surface area contributed by atoms with Crippen LogP contribution in [0.1, 0.15) is 19.5 Å². The summed E-state index contributed by atoms with van der Waals surface area (Å²) in [5.41, 5.74) is 2.47. The van der Waals surface area contributed by atoms with Crippen molar-refractivity contribution < 1.29 is 9.59 Å². The molecule has 0 aliphatic carbocycles. The van der Waals surface area contributed by atoms with Crippen molar-refractivity contribution in [2.24, 2.45) is 0 Å². The van der Waals surface area contributed by atoms with Crippen LogP contribution >= 0.6 is 45.3 Å². The van der Waals surface area contributed by atoms with Gasteiger partial charge in [-0.1, -0.05) is 0 Å². The molecule has 0 radical (unpaired) electrons. The van der Waals surface area contributed by atoms with Crippen LogP contribution in [0.25, 0.3) is 30.9 Å². The van der Waals surface area contributed by atoms with Crippen molar-refractivity contribution in [3.63, 3.8) is 0 Å². The van der Waals surface area contributed by atoms with Crippen LogP contribution in [0.3, 0.4) is 0 Å². The maximum Gasteiger partial charge on any atom is 0.261 e. The Balaban J connectivity index is 1.43. The van der Waals surface area contributed by atoms with Crippen molar-refractivity contribution in [1.82, 2.24) is 9.80 Å². The van der Waals surface area contributed by atoms with Gasteiger partial charge in [0.2, 0.25) is 0 Å². The smallest absolute Gasteiger partial charge is 0.261 e. The average molecular weight is 521 g/mol. The minimum absolute atomic E-state index is 0.120. The van der Waals surface area contributed by atoms with Crippen LogP contribution in [-0.4, -0.2) is 35.7 Å². The van der Waals surface area contributed by atoms with E-state index in [-0.39, 0.29) is 11.8 Å². The molecule has 2 amide bonds. The Kier molecular flexibility index (Phi) is 5.04. The molecule has 2 aliphatic heterocycles. The zero-order chi connectivity index (χ0) is 23.7. The average Bonchev–Trinajstić information content (AvgIpc) is 3.62. The lowest BCUT2D eigenvalue weighted by Gasteiger charge is -2.18. The fourth-order valence-electron chi connectivity index (χ4n) is 4.43. The van der Waals surface area contributed by atoms with E-state index in [0.29, 0.717) is 16.8 Å². The summed E-state index contributed by atoms with van der Waals surface area (Å²) in [7, 11) is 3.53. The Labute approximate surface area is 213 Å². The van der Waals surface area contributed by atoms with Crippen LogP contribution in [0.4, 0.5) is 0 Å². The highest BCUT2D eigenvalue weighted by atomic mass is 32.1. The van der Waals surface area contributed by atoms with Gasteiger partial charge in [0, 0.05) is 43.4 Å². The summed E-state index contributed by atoms with van der Waals surface area (Å²) in [6, 6.07) is 16.8. The number of aryl methyl sites for hydroxylation is 2. The largest absolute Gasteiger partial charge is 0.309 e. The van der Waals surface area contributed by atoms with Crippen LogP contribution in [0.5, 0.6) is 0 Å². The first-order chi connectivity index (χ1) is 16.3. The third-order valence-corrected chi connectivity index (χ3v) is 10.7. The van der Waals surface area contributed by atoms with E-state index in [1.54, 1.807) is 69.2 Å². The zero-order valence-electron chi connectivity index (χ0n) is 19.0. The summed E-state index contributed by atoms with van der Waals surface area (Å²) < 4.78 is 0. The monoisotopic (exact) mass is 520 g/mol. The second-order valence-corrected chi connectivity index (χ2v) is 13.1. The fraction of sp³-hybridized carbons (Fsp3) is 0.154. The summed E-state index contributed by atoms with van der Waals surface area (Å²) >= 11 is 6.80. The number of likely N-dealkylation sites (N-methyl/N-ethyl adjacent to an activating group) is 2. The molecule has 0 N–H and O–H groups in total. The molecule has 4 nitrogen and oxygen atoms in total. The quantitative estimate of drug-likeness (QED) is 0.292. The molecule has 0 fully saturated rings. The summed E-state index contributed by atoms with van der Waals surface area (Å²) in [6.07, 6.45) is 0. The van der Waals surface area contributed by atoms with E-state index in [2.05, 4.69) is 37.3 Å². The van der Waals surface area contributed by atoms with E-state index in [9.17, 15) is 9.59 Å². The van der Waals surface area contributed by atoms with Gasteiger partial charge in [-0.15, -0.1) is 45.3 Å². The van der Waals surface area contributed by atoms with Crippen molar-refractivity contribution in [3.8, 4) is 19.5 Å². The number of hydrogen-bond donors (Lipinski definition) is 0. The minimum atomic E-state index is -0.120. The van der Waals surface area contributed by atoms with Crippen molar-refractivity contribution in [1.29, 1.82) is 0 Å². The van der Waals surface area contributed by atoms with E-state index >= 15 is 0 Å². The molecule has 4 aromatic heterocycles.